The fourth-order valence-corrected chi connectivity index (χ4v) is 3.16. The van der Waals surface area contributed by atoms with E-state index in [1.807, 2.05) is 0 Å². The minimum atomic E-state index is -2.52. The van der Waals surface area contributed by atoms with Gasteiger partial charge in [-0.2, -0.15) is 0 Å². The molecule has 2 aromatic rings. The average Bonchev–Trinajstić information content (AvgIpc) is 2.55. The molecule has 2 radical (unpaired) electrons. The van der Waals surface area contributed by atoms with Crippen molar-refractivity contribution in [1.29, 1.82) is 0 Å². The molecule has 0 aliphatic rings. The number of halogens is 10. The molecule has 128 valence electrons. The summed E-state index contributed by atoms with van der Waals surface area (Å²) in [5, 5.41) is 0. The molecule has 0 spiro atoms. The van der Waals surface area contributed by atoms with Crippen LogP contribution < -0.4 is 0 Å². The van der Waals surface area contributed by atoms with Crippen molar-refractivity contribution in [2.24, 2.45) is 0 Å². The van der Waals surface area contributed by atoms with Crippen molar-refractivity contribution < 1.29 is 43.9 Å². The molecule has 0 heterocycles. The Labute approximate surface area is 140 Å². The Kier molecular flexibility index (Phi) is 5.08. The summed E-state index contributed by atoms with van der Waals surface area (Å²) in [6.45, 7) is 0. The van der Waals surface area contributed by atoms with Gasteiger partial charge in [-0.25, -0.2) is 0 Å². The van der Waals surface area contributed by atoms with Crippen LogP contribution in [-0.4, -0.2) is 23.0 Å². The Balaban J connectivity index is 2.84. The van der Waals surface area contributed by atoms with E-state index in [0.29, 0.717) is 0 Å². The molecule has 0 amide bonds. The van der Waals surface area contributed by atoms with Crippen molar-refractivity contribution in [3.05, 3.63) is 69.3 Å². The van der Waals surface area contributed by atoms with Gasteiger partial charge >= 0.3 is 140 Å². The normalized spacial score (nSPS) is 11.5. The van der Waals surface area contributed by atoms with E-state index in [1.165, 1.54) is 0 Å². The predicted octanol–water partition coefficient (Wildman–Crippen LogP) is 4.34. The molecule has 0 aliphatic heterocycles. The number of rotatable bonds is 2. The van der Waals surface area contributed by atoms with Crippen molar-refractivity contribution >= 4 is 23.0 Å². The molecule has 2 aromatic carbocycles. The Morgan fingerprint density at radius 2 is 0.542 bits per heavy atom. The molecule has 2 rings (SSSR count). The van der Waals surface area contributed by atoms with E-state index in [2.05, 4.69) is 0 Å². The summed E-state index contributed by atoms with van der Waals surface area (Å²) in [5.74, 6) is -24.4. The van der Waals surface area contributed by atoms with Crippen LogP contribution in [0.25, 0.3) is 0 Å². The van der Waals surface area contributed by atoms with Crippen LogP contribution >= 0.6 is 0 Å². The quantitative estimate of drug-likeness (QED) is 0.266. The SMILES string of the molecule is Fc1c(F)c(F)c([CH]([Sb])c2c(F)c(F)c(F)c(F)c2F)c(F)c1F. The van der Waals surface area contributed by atoms with Crippen molar-refractivity contribution in [2.45, 2.75) is 3.86 Å². The molecule has 0 saturated carbocycles. The molecule has 0 bridgehead atoms. The van der Waals surface area contributed by atoms with Crippen molar-refractivity contribution in [3.63, 3.8) is 0 Å². The first-order chi connectivity index (χ1) is 11.0. The number of benzene rings is 2. The first-order valence-electron chi connectivity index (χ1n) is 5.73. The fourth-order valence-electron chi connectivity index (χ4n) is 1.87. The van der Waals surface area contributed by atoms with E-state index in [1.54, 1.807) is 0 Å². The fraction of sp³-hybridized carbons (Fsp3) is 0.0769. The van der Waals surface area contributed by atoms with Crippen LogP contribution in [0.1, 0.15) is 15.0 Å². The summed E-state index contributed by atoms with van der Waals surface area (Å²) in [7, 11) is 0. The van der Waals surface area contributed by atoms with E-state index < -0.39 is 73.2 Å². The van der Waals surface area contributed by atoms with Crippen LogP contribution in [-0.2, 0) is 0 Å². The van der Waals surface area contributed by atoms with Gasteiger partial charge in [-0.1, -0.05) is 0 Å². The van der Waals surface area contributed by atoms with Crippen molar-refractivity contribution in [2.75, 3.05) is 0 Å². The summed E-state index contributed by atoms with van der Waals surface area (Å²) in [6.07, 6.45) is 0. The minimum absolute atomic E-state index is 0.0744. The first kappa shape index (κ1) is 18.9. The Morgan fingerprint density at radius 1 is 0.375 bits per heavy atom. The molecule has 0 aliphatic carbocycles. The average molecular weight is 469 g/mol. The molecule has 24 heavy (non-hydrogen) atoms. The third kappa shape index (κ3) is 2.64. The second-order valence-electron chi connectivity index (χ2n) is 4.37. The van der Waals surface area contributed by atoms with Gasteiger partial charge in [0.1, 0.15) is 0 Å². The van der Waals surface area contributed by atoms with Crippen LogP contribution in [0.2, 0.25) is 0 Å². The Morgan fingerprint density at radius 3 is 0.750 bits per heavy atom. The van der Waals surface area contributed by atoms with Crippen LogP contribution in [0, 0.1) is 58.2 Å². The molecular formula is C13HF10Sb. The van der Waals surface area contributed by atoms with E-state index in [0.717, 1.165) is 0 Å². The zero-order chi connectivity index (χ0) is 18.5. The van der Waals surface area contributed by atoms with Gasteiger partial charge in [0, 0.05) is 0 Å². The van der Waals surface area contributed by atoms with Crippen LogP contribution in [0.4, 0.5) is 43.9 Å². The van der Waals surface area contributed by atoms with E-state index in [4.69, 9.17) is 0 Å². The molecule has 0 unspecified atom stereocenters. The molecular weight excluding hydrogens is 468 g/mol. The van der Waals surface area contributed by atoms with E-state index in [-0.39, 0.29) is 23.0 Å². The second kappa shape index (κ2) is 6.46. The van der Waals surface area contributed by atoms with Gasteiger partial charge in [-0.15, -0.1) is 0 Å². The Hall–Kier alpha value is -1.44. The van der Waals surface area contributed by atoms with Gasteiger partial charge in [0.15, 0.2) is 0 Å². The van der Waals surface area contributed by atoms with Gasteiger partial charge < -0.3 is 0 Å². The maximum absolute atomic E-state index is 13.7. The van der Waals surface area contributed by atoms with Gasteiger partial charge in [0.25, 0.3) is 0 Å². The molecule has 0 N–H and O–H groups in total. The van der Waals surface area contributed by atoms with Gasteiger partial charge in [0.05, 0.1) is 0 Å². The molecule has 0 nitrogen and oxygen atoms in total. The van der Waals surface area contributed by atoms with Crippen LogP contribution in [0.3, 0.4) is 0 Å². The summed E-state index contributed by atoms with van der Waals surface area (Å²) in [6, 6.07) is 0. The molecule has 11 heteroatoms. The molecule has 0 fully saturated rings. The van der Waals surface area contributed by atoms with Crippen molar-refractivity contribution in [1.82, 2.24) is 0 Å². The molecule has 0 atom stereocenters. The first-order valence-corrected chi connectivity index (χ1v) is 7.20. The zero-order valence-electron chi connectivity index (χ0n) is 10.8. The number of hydrogen-bond donors (Lipinski definition) is 0. The van der Waals surface area contributed by atoms with Gasteiger partial charge in [-0.05, 0) is 0 Å². The van der Waals surface area contributed by atoms with Crippen LogP contribution in [0.15, 0.2) is 0 Å². The summed E-state index contributed by atoms with van der Waals surface area (Å²) in [5.41, 5.74) is -3.41. The predicted molar refractivity (Wildman–Crippen MR) is 60.1 cm³/mol. The summed E-state index contributed by atoms with van der Waals surface area (Å²) < 4.78 is 131. The third-order valence-corrected chi connectivity index (χ3v) is 4.51. The molecule has 0 aromatic heterocycles. The standard InChI is InChI=1S/C13HF10.Sb/c14-4-2(5(15)9(19)12(22)8(4)18)1-3-6(16)10(20)13(23)11(21)7(3)17;/h1H;. The van der Waals surface area contributed by atoms with Gasteiger partial charge in [-0.3, -0.25) is 0 Å². The molecule has 0 saturated heterocycles. The summed E-state index contributed by atoms with van der Waals surface area (Å²) in [4.78, 5) is 0. The maximum atomic E-state index is 13.7. The van der Waals surface area contributed by atoms with Crippen molar-refractivity contribution in [3.8, 4) is 0 Å². The third-order valence-electron chi connectivity index (χ3n) is 3.03. The van der Waals surface area contributed by atoms with E-state index in [9.17, 15) is 43.9 Å². The second-order valence-corrected chi connectivity index (χ2v) is 5.84. The number of hydrogen-bond acceptors (Lipinski definition) is 0. The van der Waals surface area contributed by atoms with E-state index >= 15 is 0 Å². The monoisotopic (exact) mass is 468 g/mol. The topological polar surface area (TPSA) is 0 Å². The Bertz CT molecular complexity index is 720. The van der Waals surface area contributed by atoms with Crippen LogP contribution in [0.5, 0.6) is 0 Å². The zero-order valence-corrected chi connectivity index (χ0v) is 13.4. The summed E-state index contributed by atoms with van der Waals surface area (Å²) >= 11 is 0.0744. The van der Waals surface area contributed by atoms with Gasteiger partial charge in [0.2, 0.25) is 0 Å².